The van der Waals surface area contributed by atoms with E-state index in [1.54, 1.807) is 0 Å². The summed E-state index contributed by atoms with van der Waals surface area (Å²) >= 11 is 0. The Bertz CT molecular complexity index is 271. The predicted molar refractivity (Wildman–Crippen MR) is 86.5 cm³/mol. The number of amides is 1. The minimum Gasteiger partial charge on any atom is -0.353 e. The van der Waals surface area contributed by atoms with Gasteiger partial charge in [-0.3, -0.25) is 4.79 Å². The first-order chi connectivity index (χ1) is 9.24. The molecule has 0 bridgehead atoms. The minimum atomic E-state index is 0.285. The Morgan fingerprint density at radius 1 is 1.16 bits per heavy atom. The molecule has 1 N–H and O–H groups in total. The summed E-state index contributed by atoms with van der Waals surface area (Å²) in [6.07, 6.45) is 10.6. The molecule has 110 valence electrons. The zero-order chi connectivity index (χ0) is 13.5. The standard InChI is InChI=1S/C15H27NOS2/c1-12-6-8-13(9-7-12)16-15(17)5-3-2-4-14-10-11-18-19-14/h12-14H,2-11H2,1H3,(H,16,17). The molecule has 2 rings (SSSR count). The highest BCUT2D eigenvalue weighted by Crippen LogP contribution is 2.39. The molecule has 1 saturated carbocycles. The van der Waals surface area contributed by atoms with Crippen LogP contribution in [0, 0.1) is 5.92 Å². The number of hydrogen-bond acceptors (Lipinski definition) is 3. The van der Waals surface area contributed by atoms with Crippen molar-refractivity contribution >= 4 is 27.5 Å². The van der Waals surface area contributed by atoms with Crippen molar-refractivity contribution < 1.29 is 4.79 Å². The molecule has 1 saturated heterocycles. The van der Waals surface area contributed by atoms with E-state index in [2.05, 4.69) is 12.2 Å². The lowest BCUT2D eigenvalue weighted by Crippen LogP contribution is -2.37. The van der Waals surface area contributed by atoms with E-state index in [0.717, 1.165) is 24.0 Å². The predicted octanol–water partition coefficient (Wildman–Crippen LogP) is 4.40. The van der Waals surface area contributed by atoms with Crippen molar-refractivity contribution in [2.45, 2.75) is 76.0 Å². The Balaban J connectivity index is 1.49. The average Bonchev–Trinajstić information content (AvgIpc) is 2.91. The van der Waals surface area contributed by atoms with Crippen LogP contribution < -0.4 is 5.32 Å². The molecule has 2 fully saturated rings. The maximum Gasteiger partial charge on any atom is 0.220 e. The first kappa shape index (κ1) is 15.6. The lowest BCUT2D eigenvalue weighted by molar-refractivity contribution is -0.122. The van der Waals surface area contributed by atoms with Crippen molar-refractivity contribution in [2.24, 2.45) is 5.92 Å². The van der Waals surface area contributed by atoms with Crippen LogP contribution in [0.2, 0.25) is 0 Å². The summed E-state index contributed by atoms with van der Waals surface area (Å²) in [6.45, 7) is 2.32. The van der Waals surface area contributed by atoms with Crippen molar-refractivity contribution in [1.82, 2.24) is 5.32 Å². The van der Waals surface area contributed by atoms with Gasteiger partial charge in [0, 0.05) is 23.5 Å². The van der Waals surface area contributed by atoms with E-state index in [1.165, 1.54) is 50.7 Å². The van der Waals surface area contributed by atoms with E-state index < -0.39 is 0 Å². The first-order valence-corrected chi connectivity index (χ1v) is 10.2. The molecule has 2 nitrogen and oxygen atoms in total. The van der Waals surface area contributed by atoms with Gasteiger partial charge >= 0.3 is 0 Å². The SMILES string of the molecule is CC1CCC(NC(=O)CCCCC2CCSS2)CC1. The van der Waals surface area contributed by atoms with E-state index in [-0.39, 0.29) is 5.91 Å². The van der Waals surface area contributed by atoms with Crippen LogP contribution in [-0.4, -0.2) is 23.0 Å². The zero-order valence-electron chi connectivity index (χ0n) is 12.0. The van der Waals surface area contributed by atoms with Crippen molar-refractivity contribution in [3.05, 3.63) is 0 Å². The van der Waals surface area contributed by atoms with Gasteiger partial charge in [-0.25, -0.2) is 0 Å². The third-order valence-electron chi connectivity index (χ3n) is 4.29. The molecule has 0 aromatic carbocycles. The molecular weight excluding hydrogens is 274 g/mol. The smallest absolute Gasteiger partial charge is 0.220 e. The molecule has 2 aliphatic rings. The van der Waals surface area contributed by atoms with Crippen molar-refractivity contribution in [3.63, 3.8) is 0 Å². The first-order valence-electron chi connectivity index (χ1n) is 7.81. The van der Waals surface area contributed by atoms with Gasteiger partial charge in [-0.1, -0.05) is 34.9 Å². The van der Waals surface area contributed by atoms with Crippen LogP contribution in [0.4, 0.5) is 0 Å². The molecule has 1 unspecified atom stereocenters. The fraction of sp³-hybridized carbons (Fsp3) is 0.933. The molecule has 1 atom stereocenters. The van der Waals surface area contributed by atoms with Gasteiger partial charge in [0.15, 0.2) is 0 Å². The highest BCUT2D eigenvalue weighted by molar-refractivity contribution is 8.77. The monoisotopic (exact) mass is 301 g/mol. The van der Waals surface area contributed by atoms with Gasteiger partial charge in [-0.2, -0.15) is 0 Å². The molecule has 0 spiro atoms. The quantitative estimate of drug-likeness (QED) is 0.582. The lowest BCUT2D eigenvalue weighted by Gasteiger charge is -2.26. The third-order valence-corrected chi connectivity index (χ3v) is 7.29. The fourth-order valence-corrected chi connectivity index (χ4v) is 5.95. The number of nitrogens with one attached hydrogen (secondary N) is 1. The molecule has 1 aliphatic carbocycles. The van der Waals surface area contributed by atoms with Gasteiger partial charge in [0.05, 0.1) is 0 Å². The second kappa shape index (κ2) is 8.46. The maximum atomic E-state index is 11.9. The number of hydrogen-bond donors (Lipinski definition) is 1. The number of carbonyl (C=O) groups is 1. The molecule has 4 heteroatoms. The van der Waals surface area contributed by atoms with Gasteiger partial charge in [0.25, 0.3) is 0 Å². The molecule has 19 heavy (non-hydrogen) atoms. The van der Waals surface area contributed by atoms with E-state index in [1.807, 2.05) is 21.6 Å². The molecule has 0 radical (unpaired) electrons. The van der Waals surface area contributed by atoms with Crippen LogP contribution in [0.5, 0.6) is 0 Å². The summed E-state index contributed by atoms with van der Waals surface area (Å²) in [4.78, 5) is 11.9. The number of carbonyl (C=O) groups excluding carboxylic acids is 1. The van der Waals surface area contributed by atoms with Gasteiger partial charge in [0.2, 0.25) is 5.91 Å². The van der Waals surface area contributed by atoms with Gasteiger partial charge in [-0.05, 0) is 50.9 Å². The van der Waals surface area contributed by atoms with Crippen molar-refractivity contribution in [2.75, 3.05) is 5.75 Å². The summed E-state index contributed by atoms with van der Waals surface area (Å²) in [6, 6.07) is 0.463. The largest absolute Gasteiger partial charge is 0.353 e. The van der Waals surface area contributed by atoms with E-state index >= 15 is 0 Å². The third kappa shape index (κ3) is 5.99. The second-order valence-corrected chi connectivity index (χ2v) is 8.89. The molecule has 1 aliphatic heterocycles. The highest BCUT2D eigenvalue weighted by atomic mass is 33.1. The fourth-order valence-electron chi connectivity index (χ4n) is 2.93. The van der Waals surface area contributed by atoms with Crippen LogP contribution in [0.15, 0.2) is 0 Å². The molecule has 1 heterocycles. The molecule has 1 amide bonds. The van der Waals surface area contributed by atoms with E-state index in [9.17, 15) is 4.79 Å². The average molecular weight is 302 g/mol. The van der Waals surface area contributed by atoms with Crippen molar-refractivity contribution in [3.8, 4) is 0 Å². The molecule has 0 aromatic rings. The van der Waals surface area contributed by atoms with Gasteiger partial charge in [0.1, 0.15) is 0 Å². The Hall–Kier alpha value is 0.170. The van der Waals surface area contributed by atoms with Crippen LogP contribution in [0.25, 0.3) is 0 Å². The number of rotatable bonds is 6. The molecule has 0 aromatic heterocycles. The van der Waals surface area contributed by atoms with Gasteiger partial charge in [-0.15, -0.1) is 0 Å². The Morgan fingerprint density at radius 2 is 1.95 bits per heavy atom. The zero-order valence-corrected chi connectivity index (χ0v) is 13.7. The Labute approximate surface area is 125 Å². The molecular formula is C15H27NOS2. The van der Waals surface area contributed by atoms with Crippen LogP contribution in [0.1, 0.15) is 64.7 Å². The highest BCUT2D eigenvalue weighted by Gasteiger charge is 2.20. The Kier molecular flexibility index (Phi) is 6.92. The lowest BCUT2D eigenvalue weighted by atomic mass is 9.87. The Morgan fingerprint density at radius 3 is 2.63 bits per heavy atom. The van der Waals surface area contributed by atoms with Gasteiger partial charge < -0.3 is 5.32 Å². The van der Waals surface area contributed by atoms with Crippen LogP contribution in [-0.2, 0) is 4.79 Å². The topological polar surface area (TPSA) is 29.1 Å². The van der Waals surface area contributed by atoms with E-state index in [4.69, 9.17) is 0 Å². The normalized spacial score (nSPS) is 31.3. The summed E-state index contributed by atoms with van der Waals surface area (Å²) in [5, 5.41) is 4.07. The van der Waals surface area contributed by atoms with Crippen molar-refractivity contribution in [1.29, 1.82) is 0 Å². The summed E-state index contributed by atoms with van der Waals surface area (Å²) in [5.74, 6) is 2.46. The maximum absolute atomic E-state index is 11.9. The summed E-state index contributed by atoms with van der Waals surface area (Å²) in [5.41, 5.74) is 0. The number of unbranched alkanes of at least 4 members (excludes halogenated alkanes) is 1. The van der Waals surface area contributed by atoms with Crippen LogP contribution >= 0.6 is 21.6 Å². The summed E-state index contributed by atoms with van der Waals surface area (Å²) < 4.78 is 0. The minimum absolute atomic E-state index is 0.285. The van der Waals surface area contributed by atoms with E-state index in [0.29, 0.717) is 6.04 Å². The second-order valence-electron chi connectivity index (χ2n) is 6.10. The van der Waals surface area contributed by atoms with Crippen LogP contribution in [0.3, 0.4) is 0 Å². The summed E-state index contributed by atoms with van der Waals surface area (Å²) in [7, 11) is 4.05.